The minimum Gasteiger partial charge on any atom is -0.490 e. The van der Waals surface area contributed by atoms with Gasteiger partial charge in [-0.15, -0.1) is 0 Å². The van der Waals surface area contributed by atoms with E-state index in [1.165, 1.54) is 5.56 Å². The molecule has 0 amide bonds. The number of aromatic nitrogens is 2. The van der Waals surface area contributed by atoms with Gasteiger partial charge in [0.15, 0.2) is 17.5 Å². The molecule has 1 aliphatic rings. The van der Waals surface area contributed by atoms with Crippen molar-refractivity contribution in [3.05, 3.63) is 72.3 Å². The van der Waals surface area contributed by atoms with Gasteiger partial charge in [-0.05, 0) is 24.1 Å². The van der Waals surface area contributed by atoms with Crippen LogP contribution in [0.2, 0.25) is 0 Å². The third-order valence-corrected chi connectivity index (χ3v) is 4.93. The van der Waals surface area contributed by atoms with Gasteiger partial charge in [0.05, 0.1) is 19.8 Å². The molecule has 3 aromatic rings. The molecule has 0 spiro atoms. The lowest BCUT2D eigenvalue weighted by molar-refractivity contribution is 0.297. The fourth-order valence-corrected chi connectivity index (χ4v) is 3.32. The topological polar surface area (TPSA) is 72.7 Å². The van der Waals surface area contributed by atoms with Gasteiger partial charge in [-0.3, -0.25) is 4.99 Å². The largest absolute Gasteiger partial charge is 0.490 e. The van der Waals surface area contributed by atoms with Crippen LogP contribution in [0.3, 0.4) is 0 Å². The highest BCUT2D eigenvalue weighted by atomic mass is 16.5. The SMILES string of the molecule is CN=C(NCc1nccn1CCc1ccccc1)Nc1ccc2c(c1)OCCCO2. The fourth-order valence-electron chi connectivity index (χ4n) is 3.32. The Morgan fingerprint density at radius 3 is 2.77 bits per heavy atom. The van der Waals surface area contributed by atoms with Gasteiger partial charge < -0.3 is 24.7 Å². The molecule has 30 heavy (non-hydrogen) atoms. The van der Waals surface area contributed by atoms with Crippen molar-refractivity contribution >= 4 is 11.6 Å². The molecule has 0 unspecified atom stereocenters. The maximum atomic E-state index is 5.76. The third kappa shape index (κ3) is 5.11. The van der Waals surface area contributed by atoms with Gasteiger partial charge in [0.2, 0.25) is 0 Å². The van der Waals surface area contributed by atoms with Crippen LogP contribution < -0.4 is 20.1 Å². The van der Waals surface area contributed by atoms with Crippen molar-refractivity contribution in [2.45, 2.75) is 25.9 Å². The molecule has 0 aliphatic carbocycles. The number of nitrogens with one attached hydrogen (secondary N) is 2. The number of nitrogens with zero attached hydrogens (tertiary/aromatic N) is 3. The number of hydrogen-bond donors (Lipinski definition) is 2. The van der Waals surface area contributed by atoms with Gasteiger partial charge >= 0.3 is 0 Å². The van der Waals surface area contributed by atoms with Crippen molar-refractivity contribution < 1.29 is 9.47 Å². The summed E-state index contributed by atoms with van der Waals surface area (Å²) in [5, 5.41) is 6.64. The summed E-state index contributed by atoms with van der Waals surface area (Å²) in [6.45, 7) is 2.80. The summed E-state index contributed by atoms with van der Waals surface area (Å²) >= 11 is 0. The average molecular weight is 406 g/mol. The average Bonchev–Trinajstić information content (AvgIpc) is 3.10. The maximum absolute atomic E-state index is 5.76. The first-order valence-electron chi connectivity index (χ1n) is 10.2. The van der Waals surface area contributed by atoms with Gasteiger partial charge in [0, 0.05) is 44.2 Å². The van der Waals surface area contributed by atoms with E-state index >= 15 is 0 Å². The Morgan fingerprint density at radius 2 is 1.93 bits per heavy atom. The molecule has 7 heteroatoms. The Balaban J connectivity index is 1.34. The second-order valence-corrected chi connectivity index (χ2v) is 7.04. The molecule has 7 nitrogen and oxygen atoms in total. The molecule has 1 aromatic heterocycles. The second-order valence-electron chi connectivity index (χ2n) is 7.04. The summed E-state index contributed by atoms with van der Waals surface area (Å²) in [5.41, 5.74) is 2.21. The van der Waals surface area contributed by atoms with Crippen molar-refractivity contribution in [1.29, 1.82) is 0 Å². The highest BCUT2D eigenvalue weighted by molar-refractivity contribution is 5.93. The number of aliphatic imine (C=N–C) groups is 1. The summed E-state index contributed by atoms with van der Waals surface area (Å²) in [6.07, 6.45) is 5.70. The normalized spacial score (nSPS) is 13.6. The summed E-state index contributed by atoms with van der Waals surface area (Å²) < 4.78 is 13.6. The van der Waals surface area contributed by atoms with Gasteiger partial charge in [-0.2, -0.15) is 0 Å². The van der Waals surface area contributed by atoms with E-state index < -0.39 is 0 Å². The van der Waals surface area contributed by atoms with E-state index in [1.807, 2.05) is 36.7 Å². The number of guanidine groups is 1. The molecule has 156 valence electrons. The van der Waals surface area contributed by atoms with Crippen LogP contribution in [0.25, 0.3) is 0 Å². The number of anilines is 1. The van der Waals surface area contributed by atoms with Crippen molar-refractivity contribution in [2.75, 3.05) is 25.6 Å². The van der Waals surface area contributed by atoms with Crippen LogP contribution in [0, 0.1) is 0 Å². The van der Waals surface area contributed by atoms with Gasteiger partial charge in [-0.1, -0.05) is 30.3 Å². The Bertz CT molecular complexity index is 984. The molecule has 4 rings (SSSR count). The molecule has 1 aliphatic heterocycles. The lowest BCUT2D eigenvalue weighted by Crippen LogP contribution is -2.31. The number of imidazole rings is 1. The zero-order chi connectivity index (χ0) is 20.6. The first-order chi connectivity index (χ1) is 14.8. The summed E-state index contributed by atoms with van der Waals surface area (Å²) in [7, 11) is 1.75. The van der Waals surface area contributed by atoms with E-state index in [2.05, 4.69) is 49.4 Å². The molecule has 2 aromatic carbocycles. The zero-order valence-electron chi connectivity index (χ0n) is 17.2. The Hall–Kier alpha value is -3.48. The molecule has 2 heterocycles. The Morgan fingerprint density at radius 1 is 1.10 bits per heavy atom. The van der Waals surface area contributed by atoms with Crippen LogP contribution in [0.1, 0.15) is 17.8 Å². The van der Waals surface area contributed by atoms with E-state index in [4.69, 9.17) is 9.47 Å². The van der Waals surface area contributed by atoms with Crippen LogP contribution in [-0.4, -0.2) is 35.8 Å². The second kappa shape index (κ2) is 9.82. The van der Waals surface area contributed by atoms with Crippen LogP contribution >= 0.6 is 0 Å². The summed E-state index contributed by atoms with van der Waals surface area (Å²) in [6, 6.07) is 16.3. The van der Waals surface area contributed by atoms with Crippen molar-refractivity contribution in [3.8, 4) is 11.5 Å². The lowest BCUT2D eigenvalue weighted by atomic mass is 10.1. The number of aryl methyl sites for hydroxylation is 2. The molecule has 0 fully saturated rings. The predicted molar refractivity (Wildman–Crippen MR) is 118 cm³/mol. The van der Waals surface area contributed by atoms with Crippen LogP contribution in [-0.2, 0) is 19.5 Å². The highest BCUT2D eigenvalue weighted by Crippen LogP contribution is 2.32. The monoisotopic (exact) mass is 405 g/mol. The smallest absolute Gasteiger partial charge is 0.195 e. The Labute approximate surface area is 176 Å². The number of rotatable bonds is 6. The van der Waals surface area contributed by atoms with Gasteiger partial charge in [0.1, 0.15) is 5.82 Å². The fraction of sp³-hybridized carbons (Fsp3) is 0.304. The first-order valence-corrected chi connectivity index (χ1v) is 10.2. The number of benzene rings is 2. The summed E-state index contributed by atoms with van der Waals surface area (Å²) in [4.78, 5) is 8.81. The van der Waals surface area contributed by atoms with E-state index in [1.54, 1.807) is 7.05 Å². The van der Waals surface area contributed by atoms with E-state index in [0.29, 0.717) is 25.7 Å². The predicted octanol–water partition coefficient (Wildman–Crippen LogP) is 3.47. The molecule has 2 N–H and O–H groups in total. The molecular weight excluding hydrogens is 378 g/mol. The molecular formula is C23H27N5O2. The molecule has 0 bridgehead atoms. The third-order valence-electron chi connectivity index (χ3n) is 4.93. The van der Waals surface area contributed by atoms with E-state index in [0.717, 1.165) is 42.4 Å². The highest BCUT2D eigenvalue weighted by Gasteiger charge is 2.12. The van der Waals surface area contributed by atoms with Crippen LogP contribution in [0.5, 0.6) is 11.5 Å². The minimum absolute atomic E-state index is 0.575. The maximum Gasteiger partial charge on any atom is 0.195 e. The van der Waals surface area contributed by atoms with Crippen LogP contribution in [0.4, 0.5) is 5.69 Å². The number of hydrogen-bond acceptors (Lipinski definition) is 4. The zero-order valence-corrected chi connectivity index (χ0v) is 17.2. The van der Waals surface area contributed by atoms with E-state index in [-0.39, 0.29) is 0 Å². The first kappa shape index (κ1) is 19.8. The standard InChI is InChI=1S/C23H27N5O2/c1-24-23(27-19-8-9-20-21(16-19)30-15-5-14-29-20)26-17-22-25-11-13-28(22)12-10-18-6-3-2-4-7-18/h2-4,6-9,11,13,16H,5,10,12,14-15,17H2,1H3,(H2,24,26,27). The molecule has 0 atom stereocenters. The lowest BCUT2D eigenvalue weighted by Gasteiger charge is -2.14. The van der Waals surface area contributed by atoms with Crippen molar-refractivity contribution in [2.24, 2.45) is 4.99 Å². The van der Waals surface area contributed by atoms with Crippen LogP contribution in [0.15, 0.2) is 65.9 Å². The Kier molecular flexibility index (Phi) is 6.49. The quantitative estimate of drug-likeness (QED) is 0.485. The summed E-state index contributed by atoms with van der Waals surface area (Å²) in [5.74, 6) is 3.17. The minimum atomic E-state index is 0.575. The molecule has 0 saturated heterocycles. The number of fused-ring (bicyclic) bond motifs is 1. The van der Waals surface area contributed by atoms with Crippen molar-refractivity contribution in [3.63, 3.8) is 0 Å². The van der Waals surface area contributed by atoms with Gasteiger partial charge in [-0.25, -0.2) is 4.98 Å². The number of ether oxygens (including phenoxy) is 2. The van der Waals surface area contributed by atoms with E-state index in [9.17, 15) is 0 Å². The molecule has 0 radical (unpaired) electrons. The molecule has 0 saturated carbocycles. The van der Waals surface area contributed by atoms with Crippen molar-refractivity contribution in [1.82, 2.24) is 14.9 Å². The van der Waals surface area contributed by atoms with Gasteiger partial charge in [0.25, 0.3) is 0 Å².